The molecule has 3 atom stereocenters. The van der Waals surface area contributed by atoms with Gasteiger partial charge in [0.1, 0.15) is 6.04 Å². The SMILES string of the molecule is C[C@@H]1CN([C@@H](C(N)=O)c2ccccc2)C[C@H](c2ccccc2)O1. The van der Waals surface area contributed by atoms with Crippen LogP contribution in [-0.2, 0) is 9.53 Å². The molecule has 120 valence electrons. The highest BCUT2D eigenvalue weighted by Crippen LogP contribution is 2.30. The van der Waals surface area contributed by atoms with E-state index < -0.39 is 6.04 Å². The molecule has 1 aliphatic rings. The summed E-state index contributed by atoms with van der Waals surface area (Å²) in [5, 5.41) is 0. The largest absolute Gasteiger partial charge is 0.368 e. The predicted molar refractivity (Wildman–Crippen MR) is 89.7 cm³/mol. The standard InChI is InChI=1S/C19H22N2O2/c1-14-12-21(13-17(23-14)15-8-4-2-5-9-15)18(19(20)22)16-10-6-3-7-11-16/h2-11,14,17-18H,12-13H2,1H3,(H2,20,22)/t14-,17-,18-/m1/s1. The molecule has 0 saturated carbocycles. The van der Waals surface area contributed by atoms with Crippen molar-refractivity contribution in [1.82, 2.24) is 4.90 Å². The Labute approximate surface area is 136 Å². The van der Waals surface area contributed by atoms with E-state index in [9.17, 15) is 4.79 Å². The lowest BCUT2D eigenvalue weighted by Crippen LogP contribution is -2.48. The van der Waals surface area contributed by atoms with Gasteiger partial charge in [-0.2, -0.15) is 0 Å². The van der Waals surface area contributed by atoms with E-state index in [2.05, 4.69) is 17.0 Å². The number of primary amides is 1. The van der Waals surface area contributed by atoms with Gasteiger partial charge in [0.25, 0.3) is 0 Å². The quantitative estimate of drug-likeness (QED) is 0.944. The maximum Gasteiger partial charge on any atom is 0.239 e. The number of amides is 1. The molecule has 1 saturated heterocycles. The van der Waals surface area contributed by atoms with Crippen molar-refractivity contribution in [3.05, 3.63) is 71.8 Å². The molecule has 1 heterocycles. The maximum absolute atomic E-state index is 12.1. The van der Waals surface area contributed by atoms with E-state index in [0.717, 1.165) is 11.1 Å². The number of hydrogen-bond acceptors (Lipinski definition) is 3. The Morgan fingerprint density at radius 3 is 2.30 bits per heavy atom. The Morgan fingerprint density at radius 1 is 1.09 bits per heavy atom. The average Bonchev–Trinajstić information content (AvgIpc) is 2.56. The van der Waals surface area contributed by atoms with Crippen LogP contribution >= 0.6 is 0 Å². The van der Waals surface area contributed by atoms with Gasteiger partial charge in [0.05, 0.1) is 12.2 Å². The molecule has 0 aromatic heterocycles. The minimum absolute atomic E-state index is 0.0412. The first-order chi connectivity index (χ1) is 11.1. The fraction of sp³-hybridized carbons (Fsp3) is 0.316. The number of carbonyl (C=O) groups excluding carboxylic acids is 1. The van der Waals surface area contributed by atoms with E-state index in [1.807, 2.05) is 55.5 Å². The second-order valence-corrected chi connectivity index (χ2v) is 6.02. The number of benzene rings is 2. The average molecular weight is 310 g/mol. The smallest absolute Gasteiger partial charge is 0.239 e. The zero-order chi connectivity index (χ0) is 16.2. The van der Waals surface area contributed by atoms with Gasteiger partial charge in [0.2, 0.25) is 5.91 Å². The number of rotatable bonds is 4. The van der Waals surface area contributed by atoms with Crippen LogP contribution in [0.2, 0.25) is 0 Å². The van der Waals surface area contributed by atoms with E-state index in [1.54, 1.807) is 0 Å². The van der Waals surface area contributed by atoms with Gasteiger partial charge in [-0.25, -0.2) is 0 Å². The highest BCUT2D eigenvalue weighted by Gasteiger charge is 2.34. The Bertz CT molecular complexity index is 645. The van der Waals surface area contributed by atoms with Crippen molar-refractivity contribution in [3.63, 3.8) is 0 Å². The summed E-state index contributed by atoms with van der Waals surface area (Å²) in [5.74, 6) is -0.322. The molecule has 0 aliphatic carbocycles. The summed E-state index contributed by atoms with van der Waals surface area (Å²) in [4.78, 5) is 14.2. The van der Waals surface area contributed by atoms with E-state index in [1.165, 1.54) is 0 Å². The molecule has 0 spiro atoms. The Hall–Kier alpha value is -2.17. The maximum atomic E-state index is 12.1. The van der Waals surface area contributed by atoms with Crippen LogP contribution in [0, 0.1) is 0 Å². The third-order valence-electron chi connectivity index (χ3n) is 4.21. The fourth-order valence-corrected chi connectivity index (χ4v) is 3.24. The number of carbonyl (C=O) groups is 1. The van der Waals surface area contributed by atoms with Crippen LogP contribution in [0.3, 0.4) is 0 Å². The van der Waals surface area contributed by atoms with Crippen molar-refractivity contribution in [2.24, 2.45) is 5.73 Å². The third kappa shape index (κ3) is 3.60. The molecule has 0 bridgehead atoms. The number of hydrogen-bond donors (Lipinski definition) is 1. The molecule has 4 heteroatoms. The van der Waals surface area contributed by atoms with Crippen LogP contribution in [0.4, 0.5) is 0 Å². The van der Waals surface area contributed by atoms with Crippen LogP contribution < -0.4 is 5.73 Å². The van der Waals surface area contributed by atoms with Crippen LogP contribution in [0.1, 0.15) is 30.2 Å². The number of ether oxygens (including phenoxy) is 1. The monoisotopic (exact) mass is 310 g/mol. The fourth-order valence-electron chi connectivity index (χ4n) is 3.24. The number of nitrogens with two attached hydrogens (primary N) is 1. The van der Waals surface area contributed by atoms with Crippen molar-refractivity contribution < 1.29 is 9.53 Å². The summed E-state index contributed by atoms with van der Waals surface area (Å²) < 4.78 is 6.07. The molecule has 2 N–H and O–H groups in total. The Kier molecular flexibility index (Phi) is 4.74. The van der Waals surface area contributed by atoms with E-state index in [4.69, 9.17) is 10.5 Å². The molecule has 2 aromatic rings. The molecule has 3 rings (SSSR count). The summed E-state index contributed by atoms with van der Waals surface area (Å²) in [5.41, 5.74) is 7.76. The minimum atomic E-state index is -0.422. The molecule has 1 aliphatic heterocycles. The molecular weight excluding hydrogens is 288 g/mol. The van der Waals surface area contributed by atoms with Crippen molar-refractivity contribution >= 4 is 5.91 Å². The normalized spacial score (nSPS) is 23.3. The van der Waals surface area contributed by atoms with Gasteiger partial charge in [0, 0.05) is 13.1 Å². The minimum Gasteiger partial charge on any atom is -0.368 e. The molecule has 23 heavy (non-hydrogen) atoms. The third-order valence-corrected chi connectivity index (χ3v) is 4.21. The van der Waals surface area contributed by atoms with Gasteiger partial charge in [-0.1, -0.05) is 60.7 Å². The van der Waals surface area contributed by atoms with E-state index >= 15 is 0 Å². The summed E-state index contributed by atoms with van der Waals surface area (Å²) in [6, 6.07) is 19.4. The van der Waals surface area contributed by atoms with Crippen LogP contribution in [-0.4, -0.2) is 30.0 Å². The molecular formula is C19H22N2O2. The summed E-state index contributed by atoms with van der Waals surface area (Å²) in [6.07, 6.45) is -0.00923. The number of nitrogens with zero attached hydrogens (tertiary/aromatic N) is 1. The van der Waals surface area contributed by atoms with E-state index in [0.29, 0.717) is 13.1 Å². The Morgan fingerprint density at radius 2 is 1.70 bits per heavy atom. The van der Waals surface area contributed by atoms with Crippen LogP contribution in [0.15, 0.2) is 60.7 Å². The first kappa shape index (κ1) is 15.7. The van der Waals surface area contributed by atoms with Crippen molar-refractivity contribution in [2.45, 2.75) is 25.2 Å². The predicted octanol–water partition coefficient (Wildman–Crippen LogP) is 2.68. The summed E-state index contributed by atoms with van der Waals surface area (Å²) in [6.45, 7) is 3.37. The van der Waals surface area contributed by atoms with Crippen LogP contribution in [0.5, 0.6) is 0 Å². The van der Waals surface area contributed by atoms with Crippen molar-refractivity contribution in [1.29, 1.82) is 0 Å². The van der Waals surface area contributed by atoms with Crippen molar-refractivity contribution in [3.8, 4) is 0 Å². The van der Waals surface area contributed by atoms with Crippen LogP contribution in [0.25, 0.3) is 0 Å². The first-order valence-electron chi connectivity index (χ1n) is 7.94. The van der Waals surface area contributed by atoms with Gasteiger partial charge >= 0.3 is 0 Å². The number of morpholine rings is 1. The highest BCUT2D eigenvalue weighted by atomic mass is 16.5. The van der Waals surface area contributed by atoms with E-state index in [-0.39, 0.29) is 18.1 Å². The van der Waals surface area contributed by atoms with Gasteiger partial charge in [0.15, 0.2) is 0 Å². The molecule has 1 amide bonds. The second kappa shape index (κ2) is 6.94. The molecule has 0 unspecified atom stereocenters. The summed E-state index contributed by atoms with van der Waals surface area (Å²) in [7, 11) is 0. The lowest BCUT2D eigenvalue weighted by molar-refractivity contribution is -0.131. The Balaban J connectivity index is 1.86. The molecule has 0 radical (unpaired) electrons. The molecule has 2 aromatic carbocycles. The second-order valence-electron chi connectivity index (χ2n) is 6.02. The van der Waals surface area contributed by atoms with Gasteiger partial charge in [-0.15, -0.1) is 0 Å². The topological polar surface area (TPSA) is 55.6 Å². The van der Waals surface area contributed by atoms with Gasteiger partial charge in [-0.3, -0.25) is 9.69 Å². The van der Waals surface area contributed by atoms with Crippen molar-refractivity contribution in [2.75, 3.05) is 13.1 Å². The molecule has 4 nitrogen and oxygen atoms in total. The lowest BCUT2D eigenvalue weighted by atomic mass is 10.0. The van der Waals surface area contributed by atoms with Gasteiger partial charge < -0.3 is 10.5 Å². The summed E-state index contributed by atoms with van der Waals surface area (Å²) >= 11 is 0. The highest BCUT2D eigenvalue weighted by molar-refractivity contribution is 5.81. The van der Waals surface area contributed by atoms with Gasteiger partial charge in [-0.05, 0) is 18.1 Å². The zero-order valence-electron chi connectivity index (χ0n) is 13.3. The lowest BCUT2D eigenvalue weighted by Gasteiger charge is -2.40. The first-order valence-corrected chi connectivity index (χ1v) is 7.94. The molecule has 1 fully saturated rings. The zero-order valence-corrected chi connectivity index (χ0v) is 13.3.